The van der Waals surface area contributed by atoms with E-state index in [0.29, 0.717) is 6.54 Å². The maximum atomic E-state index is 10.3. The molecule has 1 saturated heterocycles. The van der Waals surface area contributed by atoms with Crippen LogP contribution < -0.4 is 5.32 Å². The van der Waals surface area contributed by atoms with Crippen molar-refractivity contribution < 1.29 is 9.90 Å². The van der Waals surface area contributed by atoms with E-state index >= 15 is 0 Å². The Morgan fingerprint density at radius 3 is 2.13 bits per heavy atom. The van der Waals surface area contributed by atoms with Crippen LogP contribution in [-0.2, 0) is 4.79 Å². The van der Waals surface area contributed by atoms with Gasteiger partial charge in [-0.1, -0.05) is 0 Å². The molecule has 0 radical (unpaired) electrons. The Balaban J connectivity index is 0.000000162. The number of hydrogen-bond acceptors (Lipinski definition) is 5. The largest absolute Gasteiger partial charge is 0.481 e. The molecule has 0 spiro atoms. The number of carbonyl (C=O) groups is 1. The molecule has 1 fully saturated rings. The molecule has 0 bridgehead atoms. The molecule has 6 nitrogen and oxygen atoms in total. The van der Waals surface area contributed by atoms with Gasteiger partial charge >= 0.3 is 5.97 Å². The summed E-state index contributed by atoms with van der Waals surface area (Å²) in [6, 6.07) is 0. The Morgan fingerprint density at radius 1 is 1.27 bits per heavy atom. The second kappa shape index (κ2) is 6.83. The van der Waals surface area contributed by atoms with Gasteiger partial charge in [0.2, 0.25) is 0 Å². The van der Waals surface area contributed by atoms with Crippen molar-refractivity contribution in [2.45, 2.75) is 12.8 Å². The van der Waals surface area contributed by atoms with Crippen LogP contribution in [-0.4, -0.2) is 39.1 Å². The minimum Gasteiger partial charge on any atom is -0.481 e. The van der Waals surface area contributed by atoms with Gasteiger partial charge in [0.25, 0.3) is 0 Å². The van der Waals surface area contributed by atoms with E-state index in [2.05, 4.69) is 20.3 Å². The Bertz CT molecular complexity index is 248. The van der Waals surface area contributed by atoms with Gasteiger partial charge in [-0.15, -0.1) is 0 Å². The summed E-state index contributed by atoms with van der Waals surface area (Å²) in [4.78, 5) is 21.0. The highest BCUT2D eigenvalue weighted by molar-refractivity contribution is 5.70. The zero-order valence-corrected chi connectivity index (χ0v) is 8.33. The topological polar surface area (TPSA) is 88.0 Å². The van der Waals surface area contributed by atoms with Crippen molar-refractivity contribution in [3.8, 4) is 0 Å². The van der Waals surface area contributed by atoms with Gasteiger partial charge in [-0.05, 0) is 19.4 Å². The number of carboxylic acid groups (broad SMARTS) is 1. The van der Waals surface area contributed by atoms with Crippen LogP contribution in [0.15, 0.2) is 19.0 Å². The minimum absolute atomic E-state index is 0.140. The molecule has 1 unspecified atom stereocenters. The van der Waals surface area contributed by atoms with Gasteiger partial charge in [0.1, 0.15) is 19.0 Å². The van der Waals surface area contributed by atoms with Crippen LogP contribution in [0, 0.1) is 5.92 Å². The zero-order chi connectivity index (χ0) is 10.9. The number of hydrogen-bond donors (Lipinski definition) is 2. The maximum absolute atomic E-state index is 10.3. The number of piperidine rings is 1. The Labute approximate surface area is 87.8 Å². The smallest absolute Gasteiger partial charge is 0.307 e. The molecule has 1 aromatic rings. The lowest BCUT2D eigenvalue weighted by Gasteiger charge is -2.18. The summed E-state index contributed by atoms with van der Waals surface area (Å²) in [6.45, 7) is 1.62. The van der Waals surface area contributed by atoms with Gasteiger partial charge in [-0.2, -0.15) is 0 Å². The first kappa shape index (κ1) is 11.5. The second-order valence-corrected chi connectivity index (χ2v) is 3.18. The Hall–Kier alpha value is -1.56. The first-order valence-electron chi connectivity index (χ1n) is 4.79. The summed E-state index contributed by atoms with van der Waals surface area (Å²) in [5, 5.41) is 11.5. The quantitative estimate of drug-likeness (QED) is 0.675. The summed E-state index contributed by atoms with van der Waals surface area (Å²) in [5.41, 5.74) is 0. The van der Waals surface area contributed by atoms with Gasteiger partial charge in [0.05, 0.1) is 5.92 Å². The van der Waals surface area contributed by atoms with Crippen LogP contribution >= 0.6 is 0 Å². The molecule has 0 aliphatic carbocycles. The van der Waals surface area contributed by atoms with E-state index < -0.39 is 5.97 Å². The lowest BCUT2D eigenvalue weighted by Crippen LogP contribution is -2.34. The minimum atomic E-state index is -0.665. The predicted molar refractivity (Wildman–Crippen MR) is 53.1 cm³/mol. The SMILES string of the molecule is O=C(O)C1CCCNC1.c1ncncn1. The molecule has 6 heteroatoms. The second-order valence-electron chi connectivity index (χ2n) is 3.18. The standard InChI is InChI=1S/C6H11NO2.C3H3N3/c8-6(9)5-2-1-3-7-4-5;1-4-2-6-3-5-1/h5,7H,1-4H2,(H,8,9);1-3H. The summed E-state index contributed by atoms with van der Waals surface area (Å²) in [5.74, 6) is -0.805. The summed E-state index contributed by atoms with van der Waals surface area (Å²) < 4.78 is 0. The fourth-order valence-corrected chi connectivity index (χ4v) is 1.27. The predicted octanol–water partition coefficient (Wildman–Crippen LogP) is -0.0578. The number of aromatic nitrogens is 3. The molecule has 0 saturated carbocycles. The summed E-state index contributed by atoms with van der Waals surface area (Å²) in [6.07, 6.45) is 6.15. The Morgan fingerprint density at radius 2 is 1.87 bits per heavy atom. The van der Waals surface area contributed by atoms with Crippen LogP contribution in [0.3, 0.4) is 0 Å². The van der Waals surface area contributed by atoms with Crippen molar-refractivity contribution >= 4 is 5.97 Å². The molecule has 1 atom stereocenters. The van der Waals surface area contributed by atoms with Gasteiger partial charge in [-0.25, -0.2) is 15.0 Å². The molecule has 2 N–H and O–H groups in total. The van der Waals surface area contributed by atoms with Crippen LogP contribution in [0.1, 0.15) is 12.8 Å². The maximum Gasteiger partial charge on any atom is 0.307 e. The Kier molecular flexibility index (Phi) is 5.24. The van der Waals surface area contributed by atoms with E-state index in [1.165, 1.54) is 19.0 Å². The average molecular weight is 210 g/mol. The molecule has 1 aliphatic rings. The van der Waals surface area contributed by atoms with Gasteiger partial charge < -0.3 is 10.4 Å². The van der Waals surface area contributed by atoms with Gasteiger partial charge in [0, 0.05) is 6.54 Å². The monoisotopic (exact) mass is 210 g/mol. The fourth-order valence-electron chi connectivity index (χ4n) is 1.27. The van der Waals surface area contributed by atoms with E-state index in [9.17, 15) is 4.79 Å². The van der Waals surface area contributed by atoms with Crippen LogP contribution in [0.25, 0.3) is 0 Å². The number of aliphatic carboxylic acids is 1. The molecular formula is C9H14N4O2. The fraction of sp³-hybridized carbons (Fsp3) is 0.556. The summed E-state index contributed by atoms with van der Waals surface area (Å²) >= 11 is 0. The van der Waals surface area contributed by atoms with Crippen molar-refractivity contribution in [1.82, 2.24) is 20.3 Å². The van der Waals surface area contributed by atoms with E-state index in [-0.39, 0.29) is 5.92 Å². The number of nitrogens with zero attached hydrogens (tertiary/aromatic N) is 3. The summed E-state index contributed by atoms with van der Waals surface area (Å²) in [7, 11) is 0. The average Bonchev–Trinajstić information content (AvgIpc) is 2.33. The first-order chi connectivity index (χ1) is 7.30. The third kappa shape index (κ3) is 5.02. The highest BCUT2D eigenvalue weighted by Gasteiger charge is 2.18. The van der Waals surface area contributed by atoms with Crippen LogP contribution in [0.2, 0.25) is 0 Å². The van der Waals surface area contributed by atoms with E-state index in [4.69, 9.17) is 5.11 Å². The first-order valence-corrected chi connectivity index (χ1v) is 4.79. The molecule has 15 heavy (non-hydrogen) atoms. The van der Waals surface area contributed by atoms with Crippen molar-refractivity contribution in [3.05, 3.63) is 19.0 Å². The molecule has 1 aromatic heterocycles. The van der Waals surface area contributed by atoms with Crippen molar-refractivity contribution in [3.63, 3.8) is 0 Å². The third-order valence-electron chi connectivity index (χ3n) is 2.05. The molecule has 82 valence electrons. The normalized spacial score (nSPS) is 19.9. The van der Waals surface area contributed by atoms with E-state index in [1.54, 1.807) is 0 Å². The molecule has 1 aliphatic heterocycles. The molecule has 2 heterocycles. The van der Waals surface area contributed by atoms with E-state index in [1.807, 2.05) is 0 Å². The number of rotatable bonds is 1. The number of carboxylic acids is 1. The molecular weight excluding hydrogens is 196 g/mol. The van der Waals surface area contributed by atoms with Crippen LogP contribution in [0.5, 0.6) is 0 Å². The number of nitrogens with one attached hydrogen (secondary N) is 1. The van der Waals surface area contributed by atoms with Crippen LogP contribution in [0.4, 0.5) is 0 Å². The lowest BCUT2D eigenvalue weighted by molar-refractivity contribution is -0.142. The molecule has 0 amide bonds. The van der Waals surface area contributed by atoms with Gasteiger partial charge in [0.15, 0.2) is 0 Å². The zero-order valence-electron chi connectivity index (χ0n) is 8.33. The third-order valence-corrected chi connectivity index (χ3v) is 2.05. The van der Waals surface area contributed by atoms with Gasteiger partial charge in [-0.3, -0.25) is 4.79 Å². The lowest BCUT2D eigenvalue weighted by atomic mass is 10.0. The molecule has 2 rings (SSSR count). The van der Waals surface area contributed by atoms with Crippen molar-refractivity contribution in [1.29, 1.82) is 0 Å². The molecule has 0 aromatic carbocycles. The van der Waals surface area contributed by atoms with E-state index in [0.717, 1.165) is 19.4 Å². The van der Waals surface area contributed by atoms with Crippen molar-refractivity contribution in [2.75, 3.05) is 13.1 Å². The highest BCUT2D eigenvalue weighted by Crippen LogP contribution is 2.08. The van der Waals surface area contributed by atoms with Crippen molar-refractivity contribution in [2.24, 2.45) is 5.92 Å². The highest BCUT2D eigenvalue weighted by atomic mass is 16.4.